The zero-order chi connectivity index (χ0) is 17.1. The van der Waals surface area contributed by atoms with E-state index in [4.69, 9.17) is 10.7 Å². The van der Waals surface area contributed by atoms with E-state index >= 15 is 0 Å². The number of thiazole rings is 1. The van der Waals surface area contributed by atoms with Crippen LogP contribution in [-0.4, -0.2) is 39.6 Å². The SMILES string of the molecule is CC(O)CC1CCCN1Cc1csc(-c2ccc(C(N)=O)cc2)n1. The van der Waals surface area contributed by atoms with Crippen LogP contribution in [0.2, 0.25) is 0 Å². The van der Waals surface area contributed by atoms with Crippen LogP contribution in [0.25, 0.3) is 10.6 Å². The molecule has 24 heavy (non-hydrogen) atoms. The molecular weight excluding hydrogens is 322 g/mol. The van der Waals surface area contributed by atoms with E-state index in [0.717, 1.165) is 42.2 Å². The van der Waals surface area contributed by atoms with Crippen LogP contribution in [0, 0.1) is 0 Å². The van der Waals surface area contributed by atoms with E-state index in [1.807, 2.05) is 19.1 Å². The second kappa shape index (κ2) is 7.42. The maximum Gasteiger partial charge on any atom is 0.248 e. The molecule has 1 saturated heterocycles. The Kier molecular flexibility index (Phi) is 5.28. The first kappa shape index (κ1) is 17.1. The van der Waals surface area contributed by atoms with Crippen LogP contribution < -0.4 is 5.73 Å². The van der Waals surface area contributed by atoms with Crippen molar-refractivity contribution in [3.05, 3.63) is 40.9 Å². The molecule has 5 nitrogen and oxygen atoms in total. The van der Waals surface area contributed by atoms with Gasteiger partial charge in [0.05, 0.1) is 11.8 Å². The minimum atomic E-state index is -0.417. The van der Waals surface area contributed by atoms with E-state index < -0.39 is 5.91 Å². The average Bonchev–Trinajstić information content (AvgIpc) is 3.17. The quantitative estimate of drug-likeness (QED) is 0.843. The first-order valence-corrected chi connectivity index (χ1v) is 9.17. The molecule has 1 aromatic heterocycles. The highest BCUT2D eigenvalue weighted by molar-refractivity contribution is 7.13. The summed E-state index contributed by atoms with van der Waals surface area (Å²) in [5.74, 6) is -0.417. The van der Waals surface area contributed by atoms with E-state index in [0.29, 0.717) is 11.6 Å². The number of rotatable bonds is 6. The third-order valence-corrected chi connectivity index (χ3v) is 5.39. The molecule has 1 amide bonds. The van der Waals surface area contributed by atoms with E-state index in [1.54, 1.807) is 23.5 Å². The molecule has 2 atom stereocenters. The number of carbonyl (C=O) groups excluding carboxylic acids is 1. The van der Waals surface area contributed by atoms with Crippen LogP contribution in [0.3, 0.4) is 0 Å². The Morgan fingerprint density at radius 2 is 2.21 bits per heavy atom. The number of benzene rings is 1. The lowest BCUT2D eigenvalue weighted by Gasteiger charge is -2.24. The van der Waals surface area contributed by atoms with Gasteiger partial charge in [-0.25, -0.2) is 4.98 Å². The van der Waals surface area contributed by atoms with Crippen molar-refractivity contribution in [1.82, 2.24) is 9.88 Å². The topological polar surface area (TPSA) is 79.5 Å². The molecule has 3 N–H and O–H groups in total. The van der Waals surface area contributed by atoms with Gasteiger partial charge in [-0.05, 0) is 44.9 Å². The number of nitrogens with zero attached hydrogens (tertiary/aromatic N) is 2. The summed E-state index contributed by atoms with van der Waals surface area (Å²) in [5.41, 5.74) is 7.84. The molecule has 128 valence electrons. The number of aromatic nitrogens is 1. The fourth-order valence-corrected chi connectivity index (χ4v) is 4.08. The summed E-state index contributed by atoms with van der Waals surface area (Å²) in [6.07, 6.45) is 2.90. The average molecular weight is 345 g/mol. The predicted molar refractivity (Wildman–Crippen MR) is 95.8 cm³/mol. The molecular formula is C18H23N3O2S. The van der Waals surface area contributed by atoms with Crippen molar-refractivity contribution in [3.63, 3.8) is 0 Å². The lowest BCUT2D eigenvalue weighted by Crippen LogP contribution is -2.31. The Hall–Kier alpha value is -1.76. The number of nitrogens with two attached hydrogens (primary N) is 1. The van der Waals surface area contributed by atoms with E-state index in [9.17, 15) is 9.90 Å². The van der Waals surface area contributed by atoms with Gasteiger partial charge in [-0.1, -0.05) is 12.1 Å². The predicted octanol–water partition coefficient (Wildman–Crippen LogP) is 2.64. The fraction of sp³-hybridized carbons (Fsp3) is 0.444. The Bertz CT molecular complexity index is 697. The second-order valence-electron chi connectivity index (χ2n) is 6.44. The molecule has 0 spiro atoms. The van der Waals surface area contributed by atoms with Gasteiger partial charge in [0.2, 0.25) is 5.91 Å². The number of likely N-dealkylation sites (tertiary alicyclic amines) is 1. The maximum atomic E-state index is 11.1. The number of amides is 1. The van der Waals surface area contributed by atoms with Crippen molar-refractivity contribution in [2.24, 2.45) is 5.73 Å². The molecule has 0 saturated carbocycles. The van der Waals surface area contributed by atoms with E-state index in [2.05, 4.69) is 10.3 Å². The number of hydrogen-bond donors (Lipinski definition) is 2. The number of primary amides is 1. The van der Waals surface area contributed by atoms with Crippen LogP contribution in [-0.2, 0) is 6.54 Å². The van der Waals surface area contributed by atoms with Crippen LogP contribution in [0.5, 0.6) is 0 Å². The molecule has 0 aliphatic carbocycles. The van der Waals surface area contributed by atoms with Crippen molar-refractivity contribution >= 4 is 17.2 Å². The summed E-state index contributed by atoms with van der Waals surface area (Å²) < 4.78 is 0. The summed E-state index contributed by atoms with van der Waals surface area (Å²) in [6, 6.07) is 7.68. The molecule has 3 rings (SSSR count). The van der Waals surface area contributed by atoms with Gasteiger partial charge in [-0.3, -0.25) is 9.69 Å². The molecule has 2 aromatic rings. The molecule has 6 heteroatoms. The Morgan fingerprint density at radius 3 is 2.88 bits per heavy atom. The molecule has 1 aliphatic heterocycles. The molecule has 0 bridgehead atoms. The van der Waals surface area contributed by atoms with Crippen LogP contribution in [0.1, 0.15) is 42.2 Å². The van der Waals surface area contributed by atoms with Gasteiger partial charge in [-0.2, -0.15) is 0 Å². The van der Waals surface area contributed by atoms with E-state index in [1.165, 1.54) is 6.42 Å². The molecule has 2 unspecified atom stereocenters. The summed E-state index contributed by atoms with van der Waals surface area (Å²) in [5, 5.41) is 12.7. The first-order valence-electron chi connectivity index (χ1n) is 8.29. The number of aliphatic hydroxyl groups excluding tert-OH is 1. The number of aliphatic hydroxyl groups is 1. The minimum absolute atomic E-state index is 0.259. The highest BCUT2D eigenvalue weighted by Crippen LogP contribution is 2.27. The minimum Gasteiger partial charge on any atom is -0.393 e. The summed E-state index contributed by atoms with van der Waals surface area (Å²) >= 11 is 1.61. The molecule has 0 radical (unpaired) electrons. The number of carbonyl (C=O) groups is 1. The van der Waals surface area contributed by atoms with Gasteiger partial charge in [-0.15, -0.1) is 11.3 Å². The summed E-state index contributed by atoms with van der Waals surface area (Å²) in [7, 11) is 0. The van der Waals surface area contributed by atoms with E-state index in [-0.39, 0.29) is 6.10 Å². The molecule has 1 fully saturated rings. The Labute approximate surface area is 146 Å². The zero-order valence-corrected chi connectivity index (χ0v) is 14.6. The largest absolute Gasteiger partial charge is 0.393 e. The van der Waals surface area contributed by atoms with Crippen molar-refractivity contribution in [2.45, 2.75) is 44.9 Å². The van der Waals surface area contributed by atoms with Gasteiger partial charge in [0.25, 0.3) is 0 Å². The van der Waals surface area contributed by atoms with Crippen molar-refractivity contribution in [2.75, 3.05) is 6.54 Å². The lowest BCUT2D eigenvalue weighted by molar-refractivity contribution is 0.1000. The van der Waals surface area contributed by atoms with Gasteiger partial charge >= 0.3 is 0 Å². The van der Waals surface area contributed by atoms with Crippen molar-refractivity contribution in [1.29, 1.82) is 0 Å². The Balaban J connectivity index is 1.68. The molecule has 1 aromatic carbocycles. The Morgan fingerprint density at radius 1 is 1.46 bits per heavy atom. The third-order valence-electron chi connectivity index (χ3n) is 4.45. The second-order valence-corrected chi connectivity index (χ2v) is 7.29. The lowest BCUT2D eigenvalue weighted by atomic mass is 10.1. The van der Waals surface area contributed by atoms with Crippen molar-refractivity contribution < 1.29 is 9.90 Å². The first-order chi connectivity index (χ1) is 11.5. The normalized spacial score (nSPS) is 19.5. The molecule has 2 heterocycles. The maximum absolute atomic E-state index is 11.1. The number of hydrogen-bond acceptors (Lipinski definition) is 5. The van der Waals surface area contributed by atoms with Crippen LogP contribution in [0.4, 0.5) is 0 Å². The van der Waals surface area contributed by atoms with Gasteiger partial charge in [0.1, 0.15) is 5.01 Å². The van der Waals surface area contributed by atoms with Gasteiger partial charge < -0.3 is 10.8 Å². The summed E-state index contributed by atoms with van der Waals surface area (Å²) in [6.45, 7) is 3.75. The summed E-state index contributed by atoms with van der Waals surface area (Å²) in [4.78, 5) is 18.3. The zero-order valence-electron chi connectivity index (χ0n) is 13.8. The highest BCUT2D eigenvalue weighted by atomic mass is 32.1. The van der Waals surface area contributed by atoms with Gasteiger partial charge in [0.15, 0.2) is 0 Å². The smallest absolute Gasteiger partial charge is 0.248 e. The van der Waals surface area contributed by atoms with Crippen LogP contribution in [0.15, 0.2) is 29.6 Å². The van der Waals surface area contributed by atoms with Crippen LogP contribution >= 0.6 is 11.3 Å². The van der Waals surface area contributed by atoms with Crippen molar-refractivity contribution in [3.8, 4) is 10.6 Å². The highest BCUT2D eigenvalue weighted by Gasteiger charge is 2.26. The third kappa shape index (κ3) is 4.01. The fourth-order valence-electron chi connectivity index (χ4n) is 3.26. The monoisotopic (exact) mass is 345 g/mol. The van der Waals surface area contributed by atoms with Gasteiger partial charge in [0, 0.05) is 29.1 Å². The standard InChI is InChI=1S/C18H23N3O2S/c1-12(22)9-16-3-2-8-21(16)10-15-11-24-18(20-15)14-6-4-13(5-7-14)17(19)23/h4-7,11-12,16,22H,2-3,8-10H2,1H3,(H2,19,23). The molecule has 1 aliphatic rings.